The summed E-state index contributed by atoms with van der Waals surface area (Å²) in [4.78, 5) is 16.5. The van der Waals surface area contributed by atoms with Crippen LogP contribution in [0.2, 0.25) is 5.02 Å². The third-order valence-electron chi connectivity index (χ3n) is 5.62. The van der Waals surface area contributed by atoms with Crippen LogP contribution >= 0.6 is 11.6 Å². The van der Waals surface area contributed by atoms with Crippen LogP contribution in [-0.4, -0.2) is 47.3 Å². The lowest BCUT2D eigenvalue weighted by Gasteiger charge is -2.35. The van der Waals surface area contributed by atoms with E-state index >= 15 is 0 Å². The number of nitrogens with one attached hydrogen (secondary N) is 1. The Morgan fingerprint density at radius 2 is 1.74 bits per heavy atom. The summed E-state index contributed by atoms with van der Waals surface area (Å²) < 4.78 is 0. The number of halogens is 1. The van der Waals surface area contributed by atoms with E-state index in [1.54, 1.807) is 11.0 Å². The summed E-state index contributed by atoms with van der Waals surface area (Å²) in [5, 5.41) is 12.4. The molecule has 6 nitrogen and oxygen atoms in total. The van der Waals surface area contributed by atoms with Crippen molar-refractivity contribution in [2.24, 2.45) is 0 Å². The molecule has 0 saturated carbocycles. The lowest BCUT2D eigenvalue weighted by molar-refractivity contribution is 0.208. The van der Waals surface area contributed by atoms with Gasteiger partial charge in [0, 0.05) is 42.5 Å². The molecular formula is C24H26ClN5O. The Kier molecular flexibility index (Phi) is 6.37. The Bertz CT molecular complexity index is 1040. The van der Waals surface area contributed by atoms with Gasteiger partial charge in [-0.15, -0.1) is 10.2 Å². The average Bonchev–Trinajstić information content (AvgIpc) is 2.82. The molecule has 2 aromatic carbocycles. The summed E-state index contributed by atoms with van der Waals surface area (Å²) in [7, 11) is 0. The molecule has 1 aliphatic heterocycles. The number of hydrogen-bond acceptors (Lipinski definition) is 4. The molecule has 1 aromatic heterocycles. The van der Waals surface area contributed by atoms with Crippen molar-refractivity contribution in [2.75, 3.05) is 36.4 Å². The first kappa shape index (κ1) is 21.1. The van der Waals surface area contributed by atoms with Gasteiger partial charge >= 0.3 is 6.03 Å². The first-order valence-electron chi connectivity index (χ1n) is 10.5. The number of rotatable bonds is 4. The Labute approximate surface area is 187 Å². The van der Waals surface area contributed by atoms with Gasteiger partial charge in [0.2, 0.25) is 0 Å². The zero-order chi connectivity index (χ0) is 21.8. The molecule has 1 saturated heterocycles. The third kappa shape index (κ3) is 4.97. The van der Waals surface area contributed by atoms with E-state index in [4.69, 9.17) is 11.6 Å². The topological polar surface area (TPSA) is 61.4 Å². The maximum absolute atomic E-state index is 12.6. The molecule has 1 fully saturated rings. The molecule has 1 aliphatic rings. The highest BCUT2D eigenvalue weighted by Gasteiger charge is 2.22. The molecule has 1 N–H and O–H groups in total. The SMILES string of the molecule is CCc1ccc(-c2ccc(N3CCN(C(=O)Nc4ccc(C)c(Cl)c4)CC3)nn2)cc1. The van der Waals surface area contributed by atoms with Crippen molar-refractivity contribution in [1.29, 1.82) is 0 Å². The van der Waals surface area contributed by atoms with Crippen molar-refractivity contribution in [2.45, 2.75) is 20.3 Å². The molecule has 2 heterocycles. The van der Waals surface area contributed by atoms with Crippen molar-refractivity contribution in [3.8, 4) is 11.3 Å². The van der Waals surface area contributed by atoms with E-state index in [1.807, 2.05) is 31.2 Å². The van der Waals surface area contributed by atoms with E-state index in [0.29, 0.717) is 36.9 Å². The van der Waals surface area contributed by atoms with Crippen LogP contribution in [0, 0.1) is 6.92 Å². The molecule has 0 atom stereocenters. The van der Waals surface area contributed by atoms with Gasteiger partial charge in [0.25, 0.3) is 0 Å². The predicted molar refractivity (Wildman–Crippen MR) is 126 cm³/mol. The number of nitrogens with zero attached hydrogens (tertiary/aromatic N) is 4. The summed E-state index contributed by atoms with van der Waals surface area (Å²) in [6, 6.07) is 17.8. The fraction of sp³-hybridized carbons (Fsp3) is 0.292. The maximum Gasteiger partial charge on any atom is 0.321 e. The molecule has 160 valence electrons. The van der Waals surface area contributed by atoms with E-state index < -0.39 is 0 Å². The van der Waals surface area contributed by atoms with Gasteiger partial charge in [-0.05, 0) is 48.7 Å². The minimum absolute atomic E-state index is 0.114. The van der Waals surface area contributed by atoms with Crippen molar-refractivity contribution in [3.63, 3.8) is 0 Å². The van der Waals surface area contributed by atoms with Crippen LogP contribution in [0.5, 0.6) is 0 Å². The molecule has 0 aliphatic carbocycles. The van der Waals surface area contributed by atoms with Gasteiger partial charge in [0.15, 0.2) is 5.82 Å². The minimum Gasteiger partial charge on any atom is -0.352 e. The lowest BCUT2D eigenvalue weighted by Crippen LogP contribution is -2.50. The number of amides is 2. The molecule has 7 heteroatoms. The van der Waals surface area contributed by atoms with E-state index in [1.165, 1.54) is 5.56 Å². The van der Waals surface area contributed by atoms with Crippen LogP contribution in [0.3, 0.4) is 0 Å². The van der Waals surface area contributed by atoms with Crippen molar-refractivity contribution in [3.05, 3.63) is 70.7 Å². The average molecular weight is 436 g/mol. The number of urea groups is 1. The molecule has 3 aromatic rings. The van der Waals surface area contributed by atoms with E-state index in [0.717, 1.165) is 29.1 Å². The van der Waals surface area contributed by atoms with Crippen LogP contribution in [0.4, 0.5) is 16.3 Å². The van der Waals surface area contributed by atoms with Crippen LogP contribution in [0.1, 0.15) is 18.1 Å². The van der Waals surface area contributed by atoms with Crippen LogP contribution in [0.15, 0.2) is 54.6 Å². The second kappa shape index (κ2) is 9.35. The molecule has 31 heavy (non-hydrogen) atoms. The Morgan fingerprint density at radius 1 is 1.00 bits per heavy atom. The lowest BCUT2D eigenvalue weighted by atomic mass is 10.1. The second-order valence-electron chi connectivity index (χ2n) is 7.70. The second-order valence-corrected chi connectivity index (χ2v) is 8.10. The molecular weight excluding hydrogens is 410 g/mol. The zero-order valence-electron chi connectivity index (χ0n) is 17.8. The number of aromatic nitrogens is 2. The van der Waals surface area contributed by atoms with Gasteiger partial charge in [0.1, 0.15) is 0 Å². The predicted octanol–water partition coefficient (Wildman–Crippen LogP) is 5.02. The molecule has 0 bridgehead atoms. The van der Waals surface area contributed by atoms with Gasteiger partial charge < -0.3 is 15.1 Å². The molecule has 4 rings (SSSR count). The number of hydrogen-bond donors (Lipinski definition) is 1. The Balaban J connectivity index is 1.33. The standard InChI is InChI=1S/C24H26ClN5O/c1-3-18-5-7-19(8-6-18)22-10-11-23(28-27-22)29-12-14-30(15-13-29)24(31)26-20-9-4-17(2)21(25)16-20/h4-11,16H,3,12-15H2,1-2H3,(H,26,31). The number of benzene rings is 2. The van der Waals surface area contributed by atoms with Crippen LogP contribution in [0.25, 0.3) is 11.3 Å². The van der Waals surface area contributed by atoms with Crippen molar-refractivity contribution < 1.29 is 4.79 Å². The van der Waals surface area contributed by atoms with Crippen molar-refractivity contribution >= 4 is 29.1 Å². The maximum atomic E-state index is 12.6. The number of anilines is 2. The summed E-state index contributed by atoms with van der Waals surface area (Å²) in [6.45, 7) is 6.74. The third-order valence-corrected chi connectivity index (χ3v) is 6.03. The van der Waals surface area contributed by atoms with Crippen LogP contribution in [-0.2, 0) is 6.42 Å². The van der Waals surface area contributed by atoms with Gasteiger partial charge in [-0.3, -0.25) is 0 Å². The van der Waals surface area contributed by atoms with Crippen LogP contribution < -0.4 is 10.2 Å². The highest BCUT2D eigenvalue weighted by molar-refractivity contribution is 6.31. The summed E-state index contributed by atoms with van der Waals surface area (Å²) >= 11 is 6.15. The zero-order valence-corrected chi connectivity index (χ0v) is 18.6. The van der Waals surface area contributed by atoms with Crippen molar-refractivity contribution in [1.82, 2.24) is 15.1 Å². The Morgan fingerprint density at radius 3 is 2.35 bits per heavy atom. The molecule has 0 spiro atoms. The Hall–Kier alpha value is -3.12. The first-order chi connectivity index (χ1) is 15.0. The normalized spacial score (nSPS) is 13.9. The number of carbonyl (C=O) groups excluding carboxylic acids is 1. The van der Waals surface area contributed by atoms with E-state index in [9.17, 15) is 4.79 Å². The number of piperazine rings is 1. The van der Waals surface area contributed by atoms with E-state index in [-0.39, 0.29) is 6.03 Å². The highest BCUT2D eigenvalue weighted by atomic mass is 35.5. The quantitative estimate of drug-likeness (QED) is 0.624. The fourth-order valence-corrected chi connectivity index (χ4v) is 3.75. The van der Waals surface area contributed by atoms with Gasteiger partial charge in [-0.2, -0.15) is 0 Å². The fourth-order valence-electron chi connectivity index (χ4n) is 3.57. The van der Waals surface area contributed by atoms with E-state index in [2.05, 4.69) is 51.6 Å². The summed E-state index contributed by atoms with van der Waals surface area (Å²) in [5.41, 5.74) is 4.92. The highest BCUT2D eigenvalue weighted by Crippen LogP contribution is 2.22. The minimum atomic E-state index is -0.114. The molecule has 2 amide bonds. The number of aryl methyl sites for hydroxylation is 2. The first-order valence-corrected chi connectivity index (χ1v) is 10.9. The van der Waals surface area contributed by atoms with Gasteiger partial charge in [-0.25, -0.2) is 4.79 Å². The largest absolute Gasteiger partial charge is 0.352 e. The molecule has 0 radical (unpaired) electrons. The summed E-state index contributed by atoms with van der Waals surface area (Å²) in [6.07, 6.45) is 1.02. The summed E-state index contributed by atoms with van der Waals surface area (Å²) in [5.74, 6) is 0.833. The smallest absolute Gasteiger partial charge is 0.321 e. The van der Waals surface area contributed by atoms with Gasteiger partial charge in [-0.1, -0.05) is 48.9 Å². The number of carbonyl (C=O) groups is 1. The monoisotopic (exact) mass is 435 g/mol. The molecule has 0 unspecified atom stereocenters. The van der Waals surface area contributed by atoms with Gasteiger partial charge in [0.05, 0.1) is 5.69 Å².